The van der Waals surface area contributed by atoms with Gasteiger partial charge in [-0.15, -0.1) is 23.2 Å². The molecule has 0 heterocycles. The van der Waals surface area contributed by atoms with Crippen LogP contribution in [0.3, 0.4) is 0 Å². The van der Waals surface area contributed by atoms with Crippen molar-refractivity contribution in [2.24, 2.45) is 11.7 Å². The molecule has 2 fully saturated rings. The van der Waals surface area contributed by atoms with Crippen molar-refractivity contribution >= 4 is 35.1 Å². The minimum atomic E-state index is -1.15. The standard InChI is InChI=1S/C26H38Cl2N2O5/c27-20-16-19(23(31)22(28)24(20)34-14-8-7-13-29)25(32)30-21(15-17-9-3-1-4-10-17)26(33)35-18-11-5-2-6-12-18/h1,3-4,9-10,18-24,31H,2,5-8,11-16,29H2,(H,30,32)/t19?,20?,21-,22?,23?,24?/m0/s1. The number of nitrogens with one attached hydrogen (secondary N) is 1. The van der Waals surface area contributed by atoms with Crippen molar-refractivity contribution in [3.05, 3.63) is 35.9 Å². The number of benzene rings is 1. The Balaban J connectivity index is 1.64. The van der Waals surface area contributed by atoms with Crippen molar-refractivity contribution in [2.75, 3.05) is 13.2 Å². The molecule has 35 heavy (non-hydrogen) atoms. The highest BCUT2D eigenvalue weighted by Crippen LogP contribution is 2.34. The Bertz CT molecular complexity index is 793. The maximum atomic E-state index is 13.3. The fraction of sp³-hybridized carbons (Fsp3) is 0.692. The second-order valence-corrected chi connectivity index (χ2v) is 10.6. The van der Waals surface area contributed by atoms with Crippen molar-refractivity contribution in [3.8, 4) is 0 Å². The number of aliphatic hydroxyl groups excluding tert-OH is 1. The maximum absolute atomic E-state index is 13.3. The van der Waals surface area contributed by atoms with E-state index in [0.717, 1.165) is 50.5 Å². The first-order valence-electron chi connectivity index (χ1n) is 12.7. The number of alkyl halides is 2. The van der Waals surface area contributed by atoms with E-state index >= 15 is 0 Å². The number of nitrogens with two attached hydrogens (primary N) is 1. The van der Waals surface area contributed by atoms with Crippen LogP contribution in [-0.4, -0.2) is 65.2 Å². The summed E-state index contributed by atoms with van der Waals surface area (Å²) in [6, 6.07) is 8.60. The van der Waals surface area contributed by atoms with E-state index in [1.807, 2.05) is 30.3 Å². The lowest BCUT2D eigenvalue weighted by molar-refractivity contribution is -0.155. The molecule has 2 aliphatic carbocycles. The summed E-state index contributed by atoms with van der Waals surface area (Å²) in [4.78, 5) is 26.3. The lowest BCUT2D eigenvalue weighted by Crippen LogP contribution is -2.56. The lowest BCUT2D eigenvalue weighted by Gasteiger charge is -2.39. The molecule has 0 spiro atoms. The molecule has 5 unspecified atom stereocenters. The number of halogens is 2. The average Bonchev–Trinajstić information content (AvgIpc) is 2.86. The Morgan fingerprint density at radius 1 is 1.11 bits per heavy atom. The topological polar surface area (TPSA) is 111 Å². The molecule has 196 valence electrons. The third-order valence-electron chi connectivity index (χ3n) is 6.85. The van der Waals surface area contributed by atoms with Crippen LogP contribution in [0.15, 0.2) is 30.3 Å². The third kappa shape index (κ3) is 8.32. The van der Waals surface area contributed by atoms with Crippen LogP contribution in [0.25, 0.3) is 0 Å². The van der Waals surface area contributed by atoms with Gasteiger partial charge in [-0.25, -0.2) is 4.79 Å². The number of unbranched alkanes of at least 4 members (excludes halogenated alkanes) is 1. The average molecular weight is 530 g/mol. The molecule has 0 aromatic heterocycles. The van der Waals surface area contributed by atoms with Gasteiger partial charge in [-0.2, -0.15) is 0 Å². The number of aliphatic hydroxyl groups is 1. The molecule has 1 aromatic carbocycles. The van der Waals surface area contributed by atoms with E-state index in [0.29, 0.717) is 19.6 Å². The molecule has 0 aliphatic heterocycles. The molecule has 0 radical (unpaired) electrons. The summed E-state index contributed by atoms with van der Waals surface area (Å²) in [5.74, 6) is -1.77. The Labute approximate surface area is 218 Å². The van der Waals surface area contributed by atoms with Gasteiger partial charge in [0.1, 0.15) is 12.1 Å². The lowest BCUT2D eigenvalue weighted by atomic mass is 9.83. The molecule has 0 saturated heterocycles. The number of esters is 1. The van der Waals surface area contributed by atoms with Crippen molar-refractivity contribution in [1.82, 2.24) is 5.32 Å². The Hall–Kier alpha value is -1.38. The van der Waals surface area contributed by atoms with E-state index in [2.05, 4.69) is 5.32 Å². The number of ether oxygens (including phenoxy) is 2. The van der Waals surface area contributed by atoms with Crippen LogP contribution in [-0.2, 0) is 25.5 Å². The minimum Gasteiger partial charge on any atom is -0.461 e. The second-order valence-electron chi connectivity index (χ2n) is 9.57. The van der Waals surface area contributed by atoms with E-state index in [1.54, 1.807) is 0 Å². The quantitative estimate of drug-likeness (QED) is 0.231. The minimum absolute atomic E-state index is 0.122. The van der Waals surface area contributed by atoms with E-state index in [9.17, 15) is 14.7 Å². The fourth-order valence-corrected chi connectivity index (χ4v) is 5.73. The molecular weight excluding hydrogens is 491 g/mol. The van der Waals surface area contributed by atoms with E-state index in [4.69, 9.17) is 38.4 Å². The molecule has 3 rings (SSSR count). The van der Waals surface area contributed by atoms with Crippen molar-refractivity contribution < 1.29 is 24.2 Å². The Morgan fingerprint density at radius 2 is 1.83 bits per heavy atom. The smallest absolute Gasteiger partial charge is 0.329 e. The predicted octanol–water partition coefficient (Wildman–Crippen LogP) is 3.31. The Morgan fingerprint density at radius 3 is 2.51 bits per heavy atom. The SMILES string of the molecule is NCCCCOC1C(Cl)CC(C(=O)N[C@@H](Cc2ccccc2)C(=O)OC2CCCCC2)C(O)C1Cl. The van der Waals surface area contributed by atoms with Crippen molar-refractivity contribution in [3.63, 3.8) is 0 Å². The monoisotopic (exact) mass is 528 g/mol. The van der Waals surface area contributed by atoms with E-state index in [-0.39, 0.29) is 12.5 Å². The maximum Gasteiger partial charge on any atom is 0.329 e. The van der Waals surface area contributed by atoms with Gasteiger partial charge in [0, 0.05) is 13.0 Å². The number of rotatable bonds is 11. The van der Waals surface area contributed by atoms with Crippen LogP contribution >= 0.6 is 23.2 Å². The van der Waals surface area contributed by atoms with Gasteiger partial charge >= 0.3 is 5.97 Å². The fourth-order valence-electron chi connectivity index (χ4n) is 4.81. The van der Waals surface area contributed by atoms with Crippen LogP contribution in [0.2, 0.25) is 0 Å². The Kier molecular flexibility index (Phi) is 11.6. The van der Waals surface area contributed by atoms with Gasteiger partial charge in [-0.05, 0) is 57.1 Å². The van der Waals surface area contributed by atoms with Crippen molar-refractivity contribution in [2.45, 2.75) is 92.9 Å². The normalized spacial score (nSPS) is 28.3. The highest BCUT2D eigenvalue weighted by molar-refractivity contribution is 6.25. The molecular formula is C26H38Cl2N2O5. The molecule has 1 aromatic rings. The van der Waals surface area contributed by atoms with E-state index in [1.165, 1.54) is 0 Å². The number of amides is 1. The second kappa shape index (κ2) is 14.4. The van der Waals surface area contributed by atoms with Crippen LogP contribution in [0.5, 0.6) is 0 Å². The summed E-state index contributed by atoms with van der Waals surface area (Å²) in [7, 11) is 0. The summed E-state index contributed by atoms with van der Waals surface area (Å²) in [5.41, 5.74) is 6.41. The zero-order chi connectivity index (χ0) is 25.2. The van der Waals surface area contributed by atoms with Gasteiger partial charge in [-0.1, -0.05) is 36.8 Å². The molecule has 1 amide bonds. The van der Waals surface area contributed by atoms with Gasteiger partial charge < -0.3 is 25.6 Å². The first-order chi connectivity index (χ1) is 16.9. The first kappa shape index (κ1) is 28.2. The summed E-state index contributed by atoms with van der Waals surface area (Å²) >= 11 is 13.0. The van der Waals surface area contributed by atoms with Crippen molar-refractivity contribution in [1.29, 1.82) is 0 Å². The highest BCUT2D eigenvalue weighted by atomic mass is 35.5. The first-order valence-corrected chi connectivity index (χ1v) is 13.6. The van der Waals surface area contributed by atoms with Gasteiger partial charge in [0.05, 0.1) is 28.9 Å². The number of hydrogen-bond donors (Lipinski definition) is 3. The summed E-state index contributed by atoms with van der Waals surface area (Å²) in [5, 5.41) is 12.3. The summed E-state index contributed by atoms with van der Waals surface area (Å²) < 4.78 is 11.6. The summed E-state index contributed by atoms with van der Waals surface area (Å²) in [6.45, 7) is 1.00. The predicted molar refractivity (Wildman–Crippen MR) is 136 cm³/mol. The molecule has 6 atom stereocenters. The number of carbonyl (C=O) groups is 2. The van der Waals surface area contributed by atoms with Crippen LogP contribution in [0.4, 0.5) is 0 Å². The van der Waals surface area contributed by atoms with Crippen LogP contribution < -0.4 is 11.1 Å². The van der Waals surface area contributed by atoms with Crippen LogP contribution in [0.1, 0.15) is 56.9 Å². The molecule has 9 heteroatoms. The largest absolute Gasteiger partial charge is 0.461 e. The zero-order valence-electron chi connectivity index (χ0n) is 20.1. The number of hydrogen-bond acceptors (Lipinski definition) is 6. The third-order valence-corrected chi connectivity index (χ3v) is 7.79. The summed E-state index contributed by atoms with van der Waals surface area (Å²) in [6.07, 6.45) is 5.11. The molecule has 2 aliphatic rings. The number of carbonyl (C=O) groups excluding carboxylic acids is 2. The zero-order valence-corrected chi connectivity index (χ0v) is 21.6. The van der Waals surface area contributed by atoms with Crippen LogP contribution in [0, 0.1) is 5.92 Å². The van der Waals surface area contributed by atoms with Gasteiger partial charge in [-0.3, -0.25) is 4.79 Å². The molecule has 0 bridgehead atoms. The highest BCUT2D eigenvalue weighted by Gasteiger charge is 2.46. The molecule has 7 nitrogen and oxygen atoms in total. The van der Waals surface area contributed by atoms with Gasteiger partial charge in [0.2, 0.25) is 5.91 Å². The van der Waals surface area contributed by atoms with E-state index < -0.39 is 46.8 Å². The molecule has 4 N–H and O–H groups in total. The molecule has 2 saturated carbocycles. The van der Waals surface area contributed by atoms with Gasteiger partial charge in [0.25, 0.3) is 0 Å². The van der Waals surface area contributed by atoms with Gasteiger partial charge in [0.15, 0.2) is 0 Å².